The number of carbonyl (C=O) groups excluding carboxylic acids is 1. The van der Waals surface area contributed by atoms with Crippen LogP contribution in [0.5, 0.6) is 0 Å². The molecule has 8 nitrogen and oxygen atoms in total. The van der Waals surface area contributed by atoms with Crippen LogP contribution >= 0.6 is 0 Å². The van der Waals surface area contributed by atoms with Crippen molar-refractivity contribution in [3.8, 4) is 11.4 Å². The third kappa shape index (κ3) is 3.52. The van der Waals surface area contributed by atoms with Gasteiger partial charge in [-0.15, -0.1) is 0 Å². The zero-order valence-corrected chi connectivity index (χ0v) is 15.0. The Morgan fingerprint density at radius 1 is 1.30 bits per heavy atom. The number of imidazole rings is 1. The fraction of sp³-hybridized carbons (Fsp3) is 0.263. The van der Waals surface area contributed by atoms with Gasteiger partial charge in [-0.05, 0) is 32.0 Å². The van der Waals surface area contributed by atoms with Gasteiger partial charge in [-0.3, -0.25) is 10.1 Å². The Kier molecular flexibility index (Phi) is 5.18. The van der Waals surface area contributed by atoms with Gasteiger partial charge in [0, 0.05) is 6.07 Å². The van der Waals surface area contributed by atoms with E-state index in [1.54, 1.807) is 54.8 Å². The Morgan fingerprint density at radius 2 is 2.04 bits per heavy atom. The summed E-state index contributed by atoms with van der Waals surface area (Å²) in [5.74, 6) is -0.200. The first kappa shape index (κ1) is 18.5. The molecule has 3 aromatic rings. The molecule has 2 aromatic carbocycles. The molecule has 0 aliphatic rings. The van der Waals surface area contributed by atoms with Gasteiger partial charge in [-0.2, -0.15) is 0 Å². The maximum absolute atomic E-state index is 12.3. The quantitative estimate of drug-likeness (QED) is 0.406. The van der Waals surface area contributed by atoms with E-state index in [0.717, 1.165) is 0 Å². The van der Waals surface area contributed by atoms with Crippen LogP contribution in [-0.4, -0.2) is 38.3 Å². The Labute approximate surface area is 155 Å². The zero-order chi connectivity index (χ0) is 19.6. The van der Waals surface area contributed by atoms with Crippen molar-refractivity contribution in [3.05, 3.63) is 58.1 Å². The van der Waals surface area contributed by atoms with Crippen LogP contribution in [0, 0.1) is 10.1 Å². The van der Waals surface area contributed by atoms with Crippen molar-refractivity contribution in [2.45, 2.75) is 26.5 Å². The summed E-state index contributed by atoms with van der Waals surface area (Å²) in [6.45, 7) is 3.72. The van der Waals surface area contributed by atoms with Crippen LogP contribution in [0.25, 0.3) is 22.4 Å². The van der Waals surface area contributed by atoms with E-state index in [1.165, 1.54) is 6.07 Å². The minimum absolute atomic E-state index is 0.0997. The molecule has 0 amide bonds. The van der Waals surface area contributed by atoms with Crippen molar-refractivity contribution < 1.29 is 19.6 Å². The number of esters is 1. The van der Waals surface area contributed by atoms with Crippen LogP contribution in [0.2, 0.25) is 0 Å². The molecule has 0 saturated heterocycles. The predicted molar refractivity (Wildman–Crippen MR) is 99.5 cm³/mol. The van der Waals surface area contributed by atoms with Gasteiger partial charge >= 0.3 is 5.97 Å². The summed E-state index contributed by atoms with van der Waals surface area (Å²) in [4.78, 5) is 27.8. The van der Waals surface area contributed by atoms with Crippen LogP contribution in [0.4, 0.5) is 5.69 Å². The molecular weight excluding hydrogens is 350 g/mol. The molecule has 27 heavy (non-hydrogen) atoms. The van der Waals surface area contributed by atoms with Crippen LogP contribution in [0.1, 0.15) is 24.2 Å². The number of nitrogens with zero attached hydrogens (tertiary/aromatic N) is 3. The maximum Gasteiger partial charge on any atom is 0.340 e. The first-order valence-corrected chi connectivity index (χ1v) is 8.52. The van der Waals surface area contributed by atoms with E-state index in [1.807, 2.05) is 0 Å². The standard InChI is InChI=1S/C19H19N3O5/c1-3-27-19(24)14-8-6-10-16-17(14)20-18(21(16)11-12(2)23)13-7-4-5-9-15(13)22(25)26/h4-10,12,23H,3,11H2,1-2H3. The van der Waals surface area contributed by atoms with Gasteiger partial charge in [0.25, 0.3) is 5.69 Å². The predicted octanol–water partition coefficient (Wildman–Crippen LogP) is 3.17. The zero-order valence-electron chi connectivity index (χ0n) is 15.0. The third-order valence-corrected chi connectivity index (χ3v) is 4.06. The van der Waals surface area contributed by atoms with E-state index in [2.05, 4.69) is 4.98 Å². The third-order valence-electron chi connectivity index (χ3n) is 4.06. The molecule has 0 radical (unpaired) electrons. The number of fused-ring (bicyclic) bond motifs is 1. The van der Waals surface area contributed by atoms with E-state index in [0.29, 0.717) is 22.4 Å². The molecule has 1 unspecified atom stereocenters. The van der Waals surface area contributed by atoms with Crippen LogP contribution < -0.4 is 0 Å². The van der Waals surface area contributed by atoms with Crippen LogP contribution in [0.15, 0.2) is 42.5 Å². The number of rotatable bonds is 6. The molecule has 0 fully saturated rings. The lowest BCUT2D eigenvalue weighted by molar-refractivity contribution is -0.384. The van der Waals surface area contributed by atoms with Crippen molar-refractivity contribution in [1.82, 2.24) is 9.55 Å². The average molecular weight is 369 g/mol. The summed E-state index contributed by atoms with van der Waals surface area (Å²) in [6, 6.07) is 11.3. The van der Waals surface area contributed by atoms with Gasteiger partial charge < -0.3 is 14.4 Å². The fourth-order valence-electron chi connectivity index (χ4n) is 3.00. The maximum atomic E-state index is 12.3. The first-order chi connectivity index (χ1) is 12.9. The summed E-state index contributed by atoms with van der Waals surface area (Å²) < 4.78 is 6.77. The highest BCUT2D eigenvalue weighted by Gasteiger charge is 2.24. The van der Waals surface area contributed by atoms with Crippen LogP contribution in [0.3, 0.4) is 0 Å². The normalized spacial score (nSPS) is 12.1. The molecule has 3 rings (SSSR count). The Morgan fingerprint density at radius 3 is 2.70 bits per heavy atom. The largest absolute Gasteiger partial charge is 0.462 e. The van der Waals surface area contributed by atoms with Crippen molar-refractivity contribution >= 4 is 22.7 Å². The second-order valence-corrected chi connectivity index (χ2v) is 6.06. The number of benzene rings is 2. The van der Waals surface area contributed by atoms with Crippen molar-refractivity contribution in [2.75, 3.05) is 6.61 Å². The van der Waals surface area contributed by atoms with Crippen LogP contribution in [-0.2, 0) is 11.3 Å². The molecule has 8 heteroatoms. The number of nitro benzene ring substituents is 1. The number of para-hydroxylation sites is 2. The summed E-state index contributed by atoms with van der Waals surface area (Å²) in [7, 11) is 0. The molecule has 0 spiro atoms. The minimum atomic E-state index is -0.713. The first-order valence-electron chi connectivity index (χ1n) is 8.52. The molecular formula is C19H19N3O5. The van der Waals surface area contributed by atoms with Crippen molar-refractivity contribution in [2.24, 2.45) is 0 Å². The van der Waals surface area contributed by atoms with E-state index in [-0.39, 0.29) is 24.4 Å². The number of hydrogen-bond donors (Lipinski definition) is 1. The van der Waals surface area contributed by atoms with E-state index in [9.17, 15) is 20.0 Å². The molecule has 1 heterocycles. The van der Waals surface area contributed by atoms with E-state index < -0.39 is 17.0 Å². The number of aliphatic hydroxyl groups excluding tert-OH is 1. The number of hydrogen-bond acceptors (Lipinski definition) is 6. The molecule has 1 N–H and O–H groups in total. The van der Waals surface area contributed by atoms with Gasteiger partial charge in [-0.1, -0.05) is 18.2 Å². The van der Waals surface area contributed by atoms with E-state index in [4.69, 9.17) is 4.74 Å². The molecule has 0 aliphatic carbocycles. The summed E-state index contributed by atoms with van der Waals surface area (Å²) in [6.07, 6.45) is -0.713. The number of aromatic nitrogens is 2. The average Bonchev–Trinajstić information content (AvgIpc) is 2.99. The number of carbonyl (C=O) groups is 1. The lowest BCUT2D eigenvalue weighted by Crippen LogP contribution is -2.13. The molecule has 0 saturated carbocycles. The van der Waals surface area contributed by atoms with Crippen molar-refractivity contribution in [1.29, 1.82) is 0 Å². The molecule has 0 aliphatic heterocycles. The molecule has 1 atom stereocenters. The Bertz CT molecular complexity index is 1010. The highest BCUT2D eigenvalue weighted by molar-refractivity contribution is 6.03. The monoisotopic (exact) mass is 369 g/mol. The van der Waals surface area contributed by atoms with Crippen molar-refractivity contribution in [3.63, 3.8) is 0 Å². The van der Waals surface area contributed by atoms with Gasteiger partial charge in [0.2, 0.25) is 0 Å². The SMILES string of the molecule is CCOC(=O)c1cccc2c1nc(-c1ccccc1[N+](=O)[O-])n2CC(C)O. The smallest absolute Gasteiger partial charge is 0.340 e. The van der Waals surface area contributed by atoms with Gasteiger partial charge in [0.1, 0.15) is 11.3 Å². The van der Waals surface area contributed by atoms with Gasteiger partial charge in [-0.25, -0.2) is 9.78 Å². The number of ether oxygens (including phenoxy) is 1. The summed E-state index contributed by atoms with van der Waals surface area (Å²) in [5, 5.41) is 21.4. The molecule has 140 valence electrons. The lowest BCUT2D eigenvalue weighted by atomic mass is 10.1. The highest BCUT2D eigenvalue weighted by atomic mass is 16.6. The number of aliphatic hydroxyl groups is 1. The fourth-order valence-corrected chi connectivity index (χ4v) is 3.00. The minimum Gasteiger partial charge on any atom is -0.462 e. The highest BCUT2D eigenvalue weighted by Crippen LogP contribution is 2.33. The lowest BCUT2D eigenvalue weighted by Gasteiger charge is -2.11. The Balaban J connectivity index is 2.31. The number of nitro groups is 1. The van der Waals surface area contributed by atoms with Gasteiger partial charge in [0.05, 0.1) is 40.8 Å². The second kappa shape index (κ2) is 7.55. The Hall–Kier alpha value is -3.26. The van der Waals surface area contributed by atoms with Gasteiger partial charge in [0.15, 0.2) is 0 Å². The summed E-state index contributed by atoms with van der Waals surface area (Å²) >= 11 is 0. The topological polar surface area (TPSA) is 107 Å². The summed E-state index contributed by atoms with van der Waals surface area (Å²) in [5.41, 5.74) is 1.46. The molecule has 0 bridgehead atoms. The second-order valence-electron chi connectivity index (χ2n) is 6.06. The van der Waals surface area contributed by atoms with E-state index >= 15 is 0 Å². The molecule has 1 aromatic heterocycles.